The molecule has 0 spiro atoms. The molecule has 0 atom stereocenters. The number of hydrogen-bond acceptors (Lipinski definition) is 8. The summed E-state index contributed by atoms with van der Waals surface area (Å²) in [7, 11) is 0. The van der Waals surface area contributed by atoms with E-state index in [1.165, 1.54) is 30.6 Å². The fourth-order valence-electron chi connectivity index (χ4n) is 2.10. The van der Waals surface area contributed by atoms with Crippen molar-refractivity contribution in [2.45, 2.75) is 32.6 Å². The summed E-state index contributed by atoms with van der Waals surface area (Å²) in [5.41, 5.74) is 0. The van der Waals surface area contributed by atoms with E-state index in [1.807, 2.05) is 0 Å². The van der Waals surface area contributed by atoms with E-state index in [0.29, 0.717) is 72.7 Å². The predicted octanol–water partition coefficient (Wildman–Crippen LogP) is 2.64. The largest absolute Gasteiger partial charge is 0.463 e. The molecule has 0 rings (SSSR count). The molecule has 0 heterocycles. The summed E-state index contributed by atoms with van der Waals surface area (Å²) in [6.45, 7) is 8.28. The van der Waals surface area contributed by atoms with E-state index in [0.717, 1.165) is 13.0 Å². The van der Waals surface area contributed by atoms with E-state index in [-0.39, 0.29) is 12.6 Å². The Labute approximate surface area is 189 Å². The van der Waals surface area contributed by atoms with Gasteiger partial charge in [-0.25, -0.2) is 0 Å². The molecule has 0 aromatic carbocycles. The molecule has 0 N–H and O–H groups in total. The zero-order chi connectivity index (χ0) is 21.3. The Kier molecular flexibility index (Phi) is 26.0. The van der Waals surface area contributed by atoms with Crippen molar-refractivity contribution >= 4 is 28.6 Å². The molecule has 0 aromatic heterocycles. The molecule has 0 saturated carbocycles. The van der Waals surface area contributed by atoms with Gasteiger partial charge in [0.15, 0.2) is 0 Å². The summed E-state index contributed by atoms with van der Waals surface area (Å²) >= 11 is 2.41. The van der Waals surface area contributed by atoms with Gasteiger partial charge in [-0.15, -0.1) is 0 Å². The third kappa shape index (κ3) is 28.0. The molecular formula is C20H39IO8. The quantitative estimate of drug-likeness (QED) is 0.0810. The lowest BCUT2D eigenvalue weighted by molar-refractivity contribution is -0.142. The van der Waals surface area contributed by atoms with Crippen LogP contribution in [0.3, 0.4) is 0 Å². The molecule has 174 valence electrons. The molecule has 0 aliphatic heterocycles. The molecule has 0 unspecified atom stereocenters. The Morgan fingerprint density at radius 3 is 1.24 bits per heavy atom. The number of carbonyl (C=O) groups excluding carboxylic acids is 1. The summed E-state index contributed by atoms with van der Waals surface area (Å²) < 4.78 is 38.4. The minimum absolute atomic E-state index is 0.274. The monoisotopic (exact) mass is 534 g/mol. The first-order valence-electron chi connectivity index (χ1n) is 10.4. The normalized spacial score (nSPS) is 11.1. The van der Waals surface area contributed by atoms with Crippen molar-refractivity contribution in [3.05, 3.63) is 0 Å². The van der Waals surface area contributed by atoms with Crippen molar-refractivity contribution in [2.24, 2.45) is 0 Å². The van der Waals surface area contributed by atoms with E-state index in [4.69, 9.17) is 33.2 Å². The Bertz CT molecular complexity index is 334. The van der Waals surface area contributed by atoms with Crippen molar-refractivity contribution in [3.8, 4) is 0 Å². The van der Waals surface area contributed by atoms with Crippen molar-refractivity contribution in [1.29, 1.82) is 0 Å². The van der Waals surface area contributed by atoms with Crippen LogP contribution in [0, 0.1) is 0 Å². The lowest BCUT2D eigenvalue weighted by Gasteiger charge is -2.08. The Morgan fingerprint density at radius 1 is 0.517 bits per heavy atom. The van der Waals surface area contributed by atoms with Crippen LogP contribution in [0.5, 0.6) is 0 Å². The molecule has 0 aromatic rings. The molecular weight excluding hydrogens is 495 g/mol. The van der Waals surface area contributed by atoms with Gasteiger partial charge in [0.25, 0.3) is 0 Å². The zero-order valence-corrected chi connectivity index (χ0v) is 20.0. The maximum atomic E-state index is 10.5. The highest BCUT2D eigenvalue weighted by Gasteiger charge is 1.95. The van der Waals surface area contributed by atoms with Crippen LogP contribution in [-0.2, 0) is 38.0 Å². The zero-order valence-electron chi connectivity index (χ0n) is 17.9. The first kappa shape index (κ1) is 29.0. The standard InChI is InChI=1S/C20H39IO8/c1-20(22)29-19-18-28-17-16-27-15-14-26-13-12-25-11-10-24-9-8-23-7-5-3-2-4-6-21/h2-19H2,1H3. The SMILES string of the molecule is CC(=O)OCCOCCOCCOCCOCCOCCOCCCCCCI. The van der Waals surface area contributed by atoms with Gasteiger partial charge in [0.05, 0.1) is 72.7 Å². The highest BCUT2D eigenvalue weighted by molar-refractivity contribution is 14.1. The smallest absolute Gasteiger partial charge is 0.302 e. The molecule has 0 radical (unpaired) electrons. The topological polar surface area (TPSA) is 81.7 Å². The number of rotatable bonds is 24. The van der Waals surface area contributed by atoms with E-state index in [1.54, 1.807) is 0 Å². The summed E-state index contributed by atoms with van der Waals surface area (Å²) in [5, 5.41) is 0. The second-order valence-electron chi connectivity index (χ2n) is 6.12. The fraction of sp³-hybridized carbons (Fsp3) is 0.950. The van der Waals surface area contributed by atoms with Crippen LogP contribution in [0.1, 0.15) is 32.6 Å². The second kappa shape index (κ2) is 26.0. The van der Waals surface area contributed by atoms with Crippen LogP contribution in [0.25, 0.3) is 0 Å². The number of unbranched alkanes of at least 4 members (excludes halogenated alkanes) is 3. The average Bonchev–Trinajstić information content (AvgIpc) is 2.71. The minimum Gasteiger partial charge on any atom is -0.463 e. The van der Waals surface area contributed by atoms with Gasteiger partial charge < -0.3 is 33.2 Å². The Balaban J connectivity index is 2.99. The summed E-state index contributed by atoms with van der Waals surface area (Å²) in [5.74, 6) is -0.299. The van der Waals surface area contributed by atoms with Gasteiger partial charge in [0.1, 0.15) is 6.61 Å². The molecule has 0 aliphatic carbocycles. The molecule has 9 heteroatoms. The molecule has 0 saturated heterocycles. The van der Waals surface area contributed by atoms with Gasteiger partial charge >= 0.3 is 5.97 Å². The first-order chi connectivity index (χ1) is 14.3. The van der Waals surface area contributed by atoms with Crippen LogP contribution in [0.4, 0.5) is 0 Å². The van der Waals surface area contributed by atoms with Crippen LogP contribution < -0.4 is 0 Å². The lowest BCUT2D eigenvalue weighted by atomic mass is 10.2. The summed E-state index contributed by atoms with van der Waals surface area (Å²) in [4.78, 5) is 10.5. The third-order valence-corrected chi connectivity index (χ3v) is 4.33. The van der Waals surface area contributed by atoms with E-state index >= 15 is 0 Å². The van der Waals surface area contributed by atoms with Crippen LogP contribution in [0.15, 0.2) is 0 Å². The average molecular weight is 534 g/mol. The molecule has 0 aliphatic rings. The number of alkyl halides is 1. The molecule has 29 heavy (non-hydrogen) atoms. The fourth-order valence-corrected chi connectivity index (χ4v) is 2.64. The van der Waals surface area contributed by atoms with E-state index in [2.05, 4.69) is 22.6 Å². The third-order valence-electron chi connectivity index (χ3n) is 3.57. The van der Waals surface area contributed by atoms with Crippen molar-refractivity contribution in [3.63, 3.8) is 0 Å². The number of ether oxygens (including phenoxy) is 7. The van der Waals surface area contributed by atoms with Crippen LogP contribution >= 0.6 is 22.6 Å². The highest BCUT2D eigenvalue weighted by Crippen LogP contribution is 2.02. The molecule has 0 bridgehead atoms. The second-order valence-corrected chi connectivity index (χ2v) is 7.20. The summed E-state index contributed by atoms with van der Waals surface area (Å²) in [6, 6.07) is 0. The predicted molar refractivity (Wildman–Crippen MR) is 119 cm³/mol. The van der Waals surface area contributed by atoms with Gasteiger partial charge in [-0.1, -0.05) is 35.4 Å². The molecule has 0 amide bonds. The van der Waals surface area contributed by atoms with Crippen molar-refractivity contribution in [1.82, 2.24) is 0 Å². The van der Waals surface area contributed by atoms with Gasteiger partial charge in [0.2, 0.25) is 0 Å². The minimum atomic E-state index is -0.299. The van der Waals surface area contributed by atoms with Gasteiger partial charge in [-0.3, -0.25) is 4.79 Å². The summed E-state index contributed by atoms with van der Waals surface area (Å²) in [6.07, 6.45) is 4.99. The van der Waals surface area contributed by atoms with E-state index in [9.17, 15) is 4.79 Å². The van der Waals surface area contributed by atoms with Crippen LogP contribution in [-0.4, -0.2) is 96.3 Å². The van der Waals surface area contributed by atoms with Crippen molar-refractivity contribution in [2.75, 3.05) is 90.3 Å². The van der Waals surface area contributed by atoms with Crippen molar-refractivity contribution < 1.29 is 38.0 Å². The van der Waals surface area contributed by atoms with Crippen LogP contribution in [0.2, 0.25) is 0 Å². The van der Waals surface area contributed by atoms with E-state index < -0.39 is 0 Å². The highest BCUT2D eigenvalue weighted by atomic mass is 127. The Morgan fingerprint density at radius 2 is 0.862 bits per heavy atom. The van der Waals surface area contributed by atoms with Gasteiger partial charge in [-0.2, -0.15) is 0 Å². The Hall–Kier alpha value is -0.0400. The lowest BCUT2D eigenvalue weighted by Crippen LogP contribution is -2.14. The first-order valence-corrected chi connectivity index (χ1v) is 12.0. The maximum Gasteiger partial charge on any atom is 0.302 e. The van der Waals surface area contributed by atoms with Gasteiger partial charge in [0, 0.05) is 13.5 Å². The molecule has 8 nitrogen and oxygen atoms in total. The van der Waals surface area contributed by atoms with Gasteiger partial charge in [-0.05, 0) is 17.3 Å². The maximum absolute atomic E-state index is 10.5. The molecule has 0 fully saturated rings. The number of hydrogen-bond donors (Lipinski definition) is 0. The number of halogens is 1. The number of carbonyl (C=O) groups is 1. The number of esters is 1.